The Bertz CT molecular complexity index is 445. The normalized spacial score (nSPS) is 19.9. The molecule has 2 N–H and O–H groups in total. The van der Waals surface area contributed by atoms with Crippen molar-refractivity contribution < 1.29 is 9.53 Å². The van der Waals surface area contributed by atoms with Gasteiger partial charge in [0.15, 0.2) is 0 Å². The number of rotatable bonds is 2. The molecule has 0 aromatic heterocycles. The molecule has 0 bridgehead atoms. The van der Waals surface area contributed by atoms with Gasteiger partial charge in [-0.2, -0.15) is 0 Å². The molecule has 1 aliphatic heterocycles. The average Bonchev–Trinajstić information content (AvgIpc) is 2.41. The largest absolute Gasteiger partial charge is 0.398 e. The molecule has 1 atom stereocenters. The molecule has 1 unspecified atom stereocenters. The van der Waals surface area contributed by atoms with Gasteiger partial charge < -0.3 is 15.4 Å². The molecule has 4 heteroatoms. The fourth-order valence-electron chi connectivity index (χ4n) is 2.30. The van der Waals surface area contributed by atoms with Crippen LogP contribution in [0.5, 0.6) is 0 Å². The van der Waals surface area contributed by atoms with Crippen molar-refractivity contribution in [3.63, 3.8) is 0 Å². The molecular formula is C14H20N2O2. The van der Waals surface area contributed by atoms with E-state index in [1.54, 1.807) is 0 Å². The number of nitrogens with two attached hydrogens (primary N) is 1. The van der Waals surface area contributed by atoms with E-state index in [0.29, 0.717) is 31.0 Å². The first-order valence-corrected chi connectivity index (χ1v) is 6.39. The summed E-state index contributed by atoms with van der Waals surface area (Å²) in [5, 5.41) is 0. The van der Waals surface area contributed by atoms with Gasteiger partial charge in [0.2, 0.25) is 0 Å². The summed E-state index contributed by atoms with van der Waals surface area (Å²) < 4.78 is 5.42. The van der Waals surface area contributed by atoms with Gasteiger partial charge in [-0.1, -0.05) is 13.0 Å². The number of nitrogen functional groups attached to an aromatic ring is 1. The Morgan fingerprint density at radius 3 is 3.06 bits per heavy atom. The fourth-order valence-corrected chi connectivity index (χ4v) is 2.30. The zero-order chi connectivity index (χ0) is 13.1. The van der Waals surface area contributed by atoms with Crippen LogP contribution in [0.25, 0.3) is 0 Å². The van der Waals surface area contributed by atoms with E-state index in [0.717, 1.165) is 12.0 Å². The van der Waals surface area contributed by atoms with Crippen molar-refractivity contribution in [3.8, 4) is 0 Å². The minimum Gasteiger partial charge on any atom is -0.398 e. The van der Waals surface area contributed by atoms with E-state index in [9.17, 15) is 4.79 Å². The zero-order valence-electron chi connectivity index (χ0n) is 11.0. The standard InChI is InChI=1S/C14H20N2O2/c1-3-11-9-18-8-7-16(11)14(17)12-5-4-6-13(15)10(12)2/h4-6,11H,3,7-9,15H2,1-2H3. The Morgan fingerprint density at radius 2 is 2.33 bits per heavy atom. The highest BCUT2D eigenvalue weighted by Gasteiger charge is 2.27. The molecule has 1 aliphatic rings. The maximum Gasteiger partial charge on any atom is 0.254 e. The summed E-state index contributed by atoms with van der Waals surface area (Å²) in [5.41, 5.74) is 8.10. The molecular weight excluding hydrogens is 228 g/mol. The second kappa shape index (κ2) is 5.40. The summed E-state index contributed by atoms with van der Waals surface area (Å²) in [6.07, 6.45) is 0.910. The van der Waals surface area contributed by atoms with E-state index in [1.807, 2.05) is 30.0 Å². The smallest absolute Gasteiger partial charge is 0.254 e. The van der Waals surface area contributed by atoms with Crippen molar-refractivity contribution in [2.75, 3.05) is 25.5 Å². The fraction of sp³-hybridized carbons (Fsp3) is 0.500. The van der Waals surface area contributed by atoms with Gasteiger partial charge in [-0.3, -0.25) is 4.79 Å². The molecule has 2 rings (SSSR count). The lowest BCUT2D eigenvalue weighted by atomic mass is 10.0. The van der Waals surface area contributed by atoms with Gasteiger partial charge in [0, 0.05) is 17.8 Å². The molecule has 1 heterocycles. The third-order valence-corrected chi connectivity index (χ3v) is 3.57. The Balaban J connectivity index is 2.27. The van der Waals surface area contributed by atoms with Crippen molar-refractivity contribution in [2.45, 2.75) is 26.3 Å². The van der Waals surface area contributed by atoms with Crippen LogP contribution in [0.4, 0.5) is 5.69 Å². The number of amides is 1. The molecule has 18 heavy (non-hydrogen) atoms. The first kappa shape index (κ1) is 12.9. The Morgan fingerprint density at radius 1 is 1.56 bits per heavy atom. The van der Waals surface area contributed by atoms with E-state index in [-0.39, 0.29) is 11.9 Å². The maximum absolute atomic E-state index is 12.6. The molecule has 4 nitrogen and oxygen atoms in total. The van der Waals surface area contributed by atoms with Crippen LogP contribution < -0.4 is 5.73 Å². The number of carbonyl (C=O) groups excluding carboxylic acids is 1. The Hall–Kier alpha value is -1.55. The van der Waals surface area contributed by atoms with Gasteiger partial charge in [-0.25, -0.2) is 0 Å². The monoisotopic (exact) mass is 248 g/mol. The number of benzene rings is 1. The van der Waals surface area contributed by atoms with E-state index in [4.69, 9.17) is 10.5 Å². The predicted molar refractivity (Wildman–Crippen MR) is 71.5 cm³/mol. The van der Waals surface area contributed by atoms with E-state index in [2.05, 4.69) is 6.92 Å². The third-order valence-electron chi connectivity index (χ3n) is 3.57. The zero-order valence-corrected chi connectivity index (χ0v) is 11.0. The molecule has 0 radical (unpaired) electrons. The molecule has 0 saturated carbocycles. The molecule has 1 fully saturated rings. The lowest BCUT2D eigenvalue weighted by Gasteiger charge is -2.35. The van der Waals surface area contributed by atoms with Crippen molar-refractivity contribution in [1.29, 1.82) is 0 Å². The van der Waals surface area contributed by atoms with Crippen molar-refractivity contribution in [3.05, 3.63) is 29.3 Å². The summed E-state index contributed by atoms with van der Waals surface area (Å²) >= 11 is 0. The number of anilines is 1. The van der Waals surface area contributed by atoms with Crippen molar-refractivity contribution in [2.24, 2.45) is 0 Å². The first-order valence-electron chi connectivity index (χ1n) is 6.39. The molecule has 0 spiro atoms. The van der Waals surface area contributed by atoms with Crippen LogP contribution in [-0.2, 0) is 4.74 Å². The summed E-state index contributed by atoms with van der Waals surface area (Å²) in [7, 11) is 0. The summed E-state index contributed by atoms with van der Waals surface area (Å²) in [4.78, 5) is 14.5. The van der Waals surface area contributed by atoms with Crippen molar-refractivity contribution >= 4 is 11.6 Å². The first-order chi connectivity index (χ1) is 8.65. The van der Waals surface area contributed by atoms with Crippen LogP contribution in [0.2, 0.25) is 0 Å². The van der Waals surface area contributed by atoms with Gasteiger partial charge in [0.1, 0.15) is 0 Å². The minimum atomic E-state index is 0.0648. The number of hydrogen-bond acceptors (Lipinski definition) is 3. The van der Waals surface area contributed by atoms with Gasteiger partial charge in [0.05, 0.1) is 19.3 Å². The van der Waals surface area contributed by atoms with Crippen LogP contribution >= 0.6 is 0 Å². The number of nitrogens with zero attached hydrogens (tertiary/aromatic N) is 1. The van der Waals surface area contributed by atoms with Crippen LogP contribution in [0.1, 0.15) is 29.3 Å². The molecule has 1 aromatic carbocycles. The van der Waals surface area contributed by atoms with Gasteiger partial charge in [0.25, 0.3) is 5.91 Å². The topological polar surface area (TPSA) is 55.6 Å². The Labute approximate surface area is 108 Å². The minimum absolute atomic E-state index is 0.0648. The molecule has 0 aliphatic carbocycles. The second-order valence-corrected chi connectivity index (χ2v) is 4.66. The highest BCUT2D eigenvalue weighted by Crippen LogP contribution is 2.20. The lowest BCUT2D eigenvalue weighted by molar-refractivity contribution is -0.00283. The number of carbonyl (C=O) groups is 1. The number of hydrogen-bond donors (Lipinski definition) is 1. The van der Waals surface area contributed by atoms with Gasteiger partial charge in [-0.15, -0.1) is 0 Å². The van der Waals surface area contributed by atoms with Crippen LogP contribution in [0.3, 0.4) is 0 Å². The summed E-state index contributed by atoms with van der Waals surface area (Å²) in [6, 6.07) is 5.67. The highest BCUT2D eigenvalue weighted by molar-refractivity contribution is 5.97. The molecule has 1 amide bonds. The van der Waals surface area contributed by atoms with E-state index in [1.165, 1.54) is 0 Å². The van der Waals surface area contributed by atoms with E-state index < -0.39 is 0 Å². The highest BCUT2D eigenvalue weighted by atomic mass is 16.5. The SMILES string of the molecule is CCC1COCCN1C(=O)c1cccc(N)c1C. The predicted octanol–water partition coefficient (Wildman–Crippen LogP) is 1.83. The summed E-state index contributed by atoms with van der Waals surface area (Å²) in [6.45, 7) is 5.87. The molecule has 1 aromatic rings. The van der Waals surface area contributed by atoms with Gasteiger partial charge in [-0.05, 0) is 31.0 Å². The molecule has 1 saturated heterocycles. The molecule has 98 valence electrons. The van der Waals surface area contributed by atoms with Gasteiger partial charge >= 0.3 is 0 Å². The average molecular weight is 248 g/mol. The van der Waals surface area contributed by atoms with Crippen LogP contribution in [0.15, 0.2) is 18.2 Å². The second-order valence-electron chi connectivity index (χ2n) is 4.66. The Kier molecular flexibility index (Phi) is 3.87. The number of morpholine rings is 1. The van der Waals surface area contributed by atoms with Crippen LogP contribution in [-0.4, -0.2) is 36.6 Å². The third kappa shape index (κ3) is 2.34. The van der Waals surface area contributed by atoms with Crippen molar-refractivity contribution in [1.82, 2.24) is 4.90 Å². The van der Waals surface area contributed by atoms with Crippen LogP contribution in [0, 0.1) is 6.92 Å². The lowest BCUT2D eigenvalue weighted by Crippen LogP contribution is -2.48. The number of ether oxygens (including phenoxy) is 1. The maximum atomic E-state index is 12.6. The quantitative estimate of drug-likeness (QED) is 0.812. The van der Waals surface area contributed by atoms with E-state index >= 15 is 0 Å². The summed E-state index contributed by atoms with van der Waals surface area (Å²) in [5.74, 6) is 0.0648.